The van der Waals surface area contributed by atoms with Gasteiger partial charge in [0.2, 0.25) is 0 Å². The summed E-state index contributed by atoms with van der Waals surface area (Å²) in [5, 5.41) is 0.755. The second-order valence-corrected chi connectivity index (χ2v) is 8.73. The molecule has 0 atom stereocenters. The number of fused-ring (bicyclic) bond motifs is 3. The molecule has 0 aromatic heterocycles. The fourth-order valence-corrected chi connectivity index (χ4v) is 5.39. The van der Waals surface area contributed by atoms with E-state index in [9.17, 15) is 0 Å². The standard InChI is InChI=1S/C31H21Cl/c32-26-18-15-22(16-19-26)23-17-20-28-27-13-7-8-14-29(27)31(30(28)21-23,24-9-3-1-4-10-24)25-11-5-2-6-12-25/h1-21H. The fraction of sp³-hybridized carbons (Fsp3) is 0.0323. The van der Waals surface area contributed by atoms with Gasteiger partial charge in [0.05, 0.1) is 5.41 Å². The van der Waals surface area contributed by atoms with Crippen molar-refractivity contribution in [1.29, 1.82) is 0 Å². The van der Waals surface area contributed by atoms with E-state index in [1.165, 1.54) is 44.5 Å². The van der Waals surface area contributed by atoms with Gasteiger partial charge < -0.3 is 0 Å². The lowest BCUT2D eigenvalue weighted by Gasteiger charge is -2.34. The second-order valence-electron chi connectivity index (χ2n) is 8.29. The van der Waals surface area contributed by atoms with Crippen LogP contribution in [0.5, 0.6) is 0 Å². The van der Waals surface area contributed by atoms with E-state index in [1.54, 1.807) is 0 Å². The normalized spacial score (nSPS) is 13.4. The lowest BCUT2D eigenvalue weighted by atomic mass is 9.67. The molecule has 0 heterocycles. The van der Waals surface area contributed by atoms with Crippen molar-refractivity contribution in [1.82, 2.24) is 0 Å². The van der Waals surface area contributed by atoms with Gasteiger partial charge >= 0.3 is 0 Å². The second kappa shape index (κ2) is 7.51. The molecule has 152 valence electrons. The average molecular weight is 429 g/mol. The zero-order valence-corrected chi connectivity index (χ0v) is 18.3. The summed E-state index contributed by atoms with van der Waals surface area (Å²) in [6.45, 7) is 0. The first-order valence-electron chi connectivity index (χ1n) is 10.9. The Morgan fingerprint density at radius 2 is 0.969 bits per heavy atom. The number of hydrogen-bond acceptors (Lipinski definition) is 0. The highest BCUT2D eigenvalue weighted by Crippen LogP contribution is 2.56. The quantitative estimate of drug-likeness (QED) is 0.265. The van der Waals surface area contributed by atoms with Crippen LogP contribution in [-0.2, 0) is 5.41 Å². The van der Waals surface area contributed by atoms with Crippen LogP contribution in [0.2, 0.25) is 5.02 Å². The van der Waals surface area contributed by atoms with Gasteiger partial charge in [-0.25, -0.2) is 0 Å². The number of benzene rings is 5. The minimum atomic E-state index is -0.364. The van der Waals surface area contributed by atoms with Gasteiger partial charge in [0.25, 0.3) is 0 Å². The first-order chi connectivity index (χ1) is 15.8. The summed E-state index contributed by atoms with van der Waals surface area (Å²) in [6.07, 6.45) is 0. The van der Waals surface area contributed by atoms with Gasteiger partial charge in [-0.15, -0.1) is 0 Å². The topological polar surface area (TPSA) is 0 Å². The number of rotatable bonds is 3. The summed E-state index contributed by atoms with van der Waals surface area (Å²) in [7, 11) is 0. The molecule has 0 saturated heterocycles. The molecular formula is C31H21Cl. The van der Waals surface area contributed by atoms with Crippen LogP contribution in [-0.4, -0.2) is 0 Å². The zero-order valence-electron chi connectivity index (χ0n) is 17.5. The fourth-order valence-electron chi connectivity index (χ4n) is 5.27. The lowest BCUT2D eigenvalue weighted by Crippen LogP contribution is -2.28. The van der Waals surface area contributed by atoms with Crippen LogP contribution in [0.25, 0.3) is 22.3 Å². The summed E-state index contributed by atoms with van der Waals surface area (Å²) in [4.78, 5) is 0. The molecule has 0 bridgehead atoms. The van der Waals surface area contributed by atoms with Crippen molar-refractivity contribution in [2.24, 2.45) is 0 Å². The van der Waals surface area contributed by atoms with E-state index in [0.717, 1.165) is 5.02 Å². The van der Waals surface area contributed by atoms with Crippen LogP contribution in [0.15, 0.2) is 127 Å². The van der Waals surface area contributed by atoms with Crippen molar-refractivity contribution < 1.29 is 0 Å². The first kappa shape index (κ1) is 19.1. The molecule has 5 aromatic carbocycles. The molecule has 0 fully saturated rings. The van der Waals surface area contributed by atoms with Gasteiger partial charge in [0.1, 0.15) is 0 Å². The molecule has 32 heavy (non-hydrogen) atoms. The summed E-state index contributed by atoms with van der Waals surface area (Å²) in [5.41, 5.74) is 9.83. The predicted molar refractivity (Wildman–Crippen MR) is 134 cm³/mol. The van der Waals surface area contributed by atoms with E-state index in [1.807, 2.05) is 12.1 Å². The van der Waals surface area contributed by atoms with E-state index in [2.05, 4.69) is 115 Å². The molecule has 0 amide bonds. The molecule has 1 aliphatic carbocycles. The highest BCUT2D eigenvalue weighted by molar-refractivity contribution is 6.30. The molecule has 0 radical (unpaired) electrons. The minimum Gasteiger partial charge on any atom is -0.0843 e. The van der Waals surface area contributed by atoms with Crippen LogP contribution in [0.3, 0.4) is 0 Å². The smallest absolute Gasteiger partial charge is 0.0713 e. The van der Waals surface area contributed by atoms with Crippen molar-refractivity contribution in [2.45, 2.75) is 5.41 Å². The van der Waals surface area contributed by atoms with Crippen LogP contribution in [0.4, 0.5) is 0 Å². The van der Waals surface area contributed by atoms with Crippen LogP contribution in [0.1, 0.15) is 22.3 Å². The largest absolute Gasteiger partial charge is 0.0843 e. The molecule has 0 spiro atoms. The Morgan fingerprint density at radius 3 is 1.62 bits per heavy atom. The third-order valence-corrected chi connectivity index (χ3v) is 6.89. The summed E-state index contributed by atoms with van der Waals surface area (Å²) in [6, 6.07) is 45.6. The average Bonchev–Trinajstić information content (AvgIpc) is 3.16. The molecule has 0 nitrogen and oxygen atoms in total. The Morgan fingerprint density at radius 1 is 0.438 bits per heavy atom. The van der Waals surface area contributed by atoms with Crippen LogP contribution in [0, 0.1) is 0 Å². The van der Waals surface area contributed by atoms with E-state index in [4.69, 9.17) is 11.6 Å². The Labute approximate surface area is 193 Å². The summed E-state index contributed by atoms with van der Waals surface area (Å²) < 4.78 is 0. The maximum absolute atomic E-state index is 6.16. The lowest BCUT2D eigenvalue weighted by molar-refractivity contribution is 0.769. The minimum absolute atomic E-state index is 0.364. The van der Waals surface area contributed by atoms with Crippen LogP contribution < -0.4 is 0 Å². The number of hydrogen-bond donors (Lipinski definition) is 0. The van der Waals surface area contributed by atoms with Gasteiger partial charge in [0.15, 0.2) is 0 Å². The zero-order chi connectivity index (χ0) is 21.5. The van der Waals surface area contributed by atoms with Crippen molar-refractivity contribution in [3.05, 3.63) is 155 Å². The molecule has 1 aliphatic rings. The van der Waals surface area contributed by atoms with Crippen molar-refractivity contribution in [3.8, 4) is 22.3 Å². The molecule has 5 aromatic rings. The third-order valence-electron chi connectivity index (χ3n) is 6.64. The SMILES string of the molecule is Clc1ccc(-c2ccc3c(c2)C(c2ccccc2)(c2ccccc2)c2ccccc2-3)cc1. The van der Waals surface area contributed by atoms with Gasteiger partial charge in [-0.2, -0.15) is 0 Å². The Kier molecular flexibility index (Phi) is 4.48. The highest BCUT2D eigenvalue weighted by atomic mass is 35.5. The van der Waals surface area contributed by atoms with Gasteiger partial charge in [-0.3, -0.25) is 0 Å². The monoisotopic (exact) mass is 428 g/mol. The molecule has 1 heteroatoms. The van der Waals surface area contributed by atoms with Crippen molar-refractivity contribution in [2.75, 3.05) is 0 Å². The molecular weight excluding hydrogens is 408 g/mol. The molecule has 0 saturated carbocycles. The summed E-state index contributed by atoms with van der Waals surface area (Å²) >= 11 is 6.16. The summed E-state index contributed by atoms with van der Waals surface area (Å²) in [5.74, 6) is 0. The molecule has 6 rings (SSSR count). The first-order valence-corrected chi connectivity index (χ1v) is 11.3. The number of halogens is 1. The highest BCUT2D eigenvalue weighted by Gasteiger charge is 2.45. The van der Waals surface area contributed by atoms with Crippen molar-refractivity contribution in [3.63, 3.8) is 0 Å². The van der Waals surface area contributed by atoms with E-state index in [0.29, 0.717) is 0 Å². The maximum Gasteiger partial charge on any atom is 0.0713 e. The van der Waals surface area contributed by atoms with E-state index < -0.39 is 0 Å². The van der Waals surface area contributed by atoms with Gasteiger partial charge in [-0.05, 0) is 62.7 Å². The van der Waals surface area contributed by atoms with Crippen molar-refractivity contribution >= 4 is 11.6 Å². The van der Waals surface area contributed by atoms with Gasteiger partial charge in [-0.1, -0.05) is 121 Å². The van der Waals surface area contributed by atoms with Gasteiger partial charge in [0, 0.05) is 5.02 Å². The molecule has 0 aliphatic heterocycles. The molecule has 0 unspecified atom stereocenters. The van der Waals surface area contributed by atoms with E-state index >= 15 is 0 Å². The Balaban J connectivity index is 1.72. The predicted octanol–water partition coefficient (Wildman–Crippen LogP) is 8.37. The maximum atomic E-state index is 6.16. The van der Waals surface area contributed by atoms with E-state index in [-0.39, 0.29) is 5.41 Å². The van der Waals surface area contributed by atoms with Crippen LogP contribution >= 0.6 is 11.6 Å². The Bertz CT molecular complexity index is 1360. The Hall–Kier alpha value is -3.61. The molecule has 0 N–H and O–H groups in total. The third kappa shape index (κ3) is 2.77.